The van der Waals surface area contributed by atoms with Gasteiger partial charge in [0, 0.05) is 6.42 Å². The number of hydrogen-bond donors (Lipinski definition) is 3. The molecule has 0 unspecified atom stereocenters. The first-order chi connectivity index (χ1) is 16.1. The van der Waals surface area contributed by atoms with Crippen molar-refractivity contribution >= 4 is 5.97 Å². The summed E-state index contributed by atoms with van der Waals surface area (Å²) in [4.78, 5) is 11.7. The van der Waals surface area contributed by atoms with Crippen molar-refractivity contribution in [3.05, 3.63) is 12.2 Å². The van der Waals surface area contributed by atoms with Crippen molar-refractivity contribution in [1.82, 2.24) is 0 Å². The van der Waals surface area contributed by atoms with Gasteiger partial charge >= 0.3 is 5.97 Å². The molecule has 0 aromatic carbocycles. The number of allylic oxidation sites excluding steroid dienone is 2. The van der Waals surface area contributed by atoms with E-state index in [9.17, 15) is 20.1 Å². The molecule has 0 aromatic heterocycles. The lowest BCUT2D eigenvalue weighted by molar-refractivity contribution is -0.151. The molecule has 2 saturated heterocycles. The van der Waals surface area contributed by atoms with E-state index in [1.807, 2.05) is 0 Å². The molecule has 3 N–H and O–H groups in total. The zero-order valence-electron chi connectivity index (χ0n) is 20.7. The average Bonchev–Trinajstić information content (AvgIpc) is 3.66. The number of rotatable bonds is 18. The van der Waals surface area contributed by atoms with E-state index in [4.69, 9.17) is 9.47 Å². The summed E-state index contributed by atoms with van der Waals surface area (Å²) in [5, 5.41) is 29.0. The first-order valence-corrected chi connectivity index (χ1v) is 13.1. The van der Waals surface area contributed by atoms with Crippen molar-refractivity contribution in [1.29, 1.82) is 0 Å². The van der Waals surface area contributed by atoms with Gasteiger partial charge in [0.25, 0.3) is 0 Å². The lowest BCUT2D eigenvalue weighted by Gasteiger charge is -2.20. The normalized spacial score (nSPS) is 22.7. The summed E-state index contributed by atoms with van der Waals surface area (Å²) in [5.74, 6) is -0.347. The quantitative estimate of drug-likeness (QED) is 0.119. The van der Waals surface area contributed by atoms with Crippen LogP contribution in [0.5, 0.6) is 0 Å². The van der Waals surface area contributed by atoms with Gasteiger partial charge in [0.05, 0.1) is 19.8 Å². The van der Waals surface area contributed by atoms with Crippen LogP contribution in [-0.2, 0) is 19.0 Å². The Morgan fingerprint density at radius 2 is 1.48 bits per heavy atom. The molecule has 2 rings (SSSR count). The zero-order valence-corrected chi connectivity index (χ0v) is 20.7. The van der Waals surface area contributed by atoms with Gasteiger partial charge in [0.15, 0.2) is 0 Å². The topological polar surface area (TPSA) is 109 Å². The van der Waals surface area contributed by atoms with Crippen LogP contribution in [0.2, 0.25) is 0 Å². The second-order valence-corrected chi connectivity index (χ2v) is 9.05. The van der Waals surface area contributed by atoms with Gasteiger partial charge in [-0.25, -0.2) is 0 Å². The highest BCUT2D eigenvalue weighted by Gasteiger charge is 2.39. The van der Waals surface area contributed by atoms with Crippen LogP contribution in [0.1, 0.15) is 96.8 Å². The van der Waals surface area contributed by atoms with Crippen molar-refractivity contribution in [2.45, 2.75) is 121 Å². The first kappa shape index (κ1) is 30.0. The van der Waals surface area contributed by atoms with E-state index in [2.05, 4.69) is 23.8 Å². The Bertz CT molecular complexity index is 492. The molecule has 0 amide bonds. The monoisotopic (exact) mass is 472 g/mol. The van der Waals surface area contributed by atoms with Gasteiger partial charge in [-0.15, -0.1) is 0 Å². The molecular weight excluding hydrogens is 424 g/mol. The highest BCUT2D eigenvalue weighted by molar-refractivity contribution is 5.69. The van der Waals surface area contributed by atoms with E-state index < -0.39 is 24.4 Å². The molecule has 2 fully saturated rings. The fraction of sp³-hybridized carbons (Fsp3) is 0.885. The Kier molecular flexibility index (Phi) is 18.6. The molecule has 0 radical (unpaired) electrons. The Hall–Kier alpha value is -0.990. The molecule has 7 heteroatoms. The zero-order chi connectivity index (χ0) is 24.2. The fourth-order valence-corrected chi connectivity index (χ4v) is 3.65. The molecular formula is C26H48O7. The SMILES string of the molecule is C1CO1.CCCCCCCC/C=C\CCCCCCCC(=O)OC[C@@H](O)[C@H]1OC[C@H](O)[C@H]1O. The van der Waals surface area contributed by atoms with Gasteiger partial charge in [-0.05, 0) is 32.1 Å². The number of unbranched alkanes of at least 4 members (excludes halogenated alkanes) is 11. The van der Waals surface area contributed by atoms with Gasteiger partial charge in [0.2, 0.25) is 0 Å². The van der Waals surface area contributed by atoms with Crippen molar-refractivity contribution in [3.63, 3.8) is 0 Å². The number of epoxide rings is 1. The van der Waals surface area contributed by atoms with Crippen LogP contribution in [0.25, 0.3) is 0 Å². The molecule has 7 nitrogen and oxygen atoms in total. The van der Waals surface area contributed by atoms with Gasteiger partial charge in [-0.1, -0.05) is 70.4 Å². The van der Waals surface area contributed by atoms with E-state index in [0.717, 1.165) is 38.9 Å². The van der Waals surface area contributed by atoms with E-state index in [1.54, 1.807) is 0 Å². The molecule has 0 saturated carbocycles. The second kappa shape index (κ2) is 20.4. The number of esters is 1. The lowest BCUT2D eigenvalue weighted by atomic mass is 10.1. The van der Waals surface area contributed by atoms with Crippen LogP contribution in [0.15, 0.2) is 12.2 Å². The molecule has 2 heterocycles. The number of aliphatic hydroxyl groups excluding tert-OH is 3. The van der Waals surface area contributed by atoms with Gasteiger partial charge in [0.1, 0.15) is 31.0 Å². The average molecular weight is 473 g/mol. The minimum atomic E-state index is -1.15. The van der Waals surface area contributed by atoms with Crippen LogP contribution in [-0.4, -0.2) is 72.1 Å². The predicted octanol–water partition coefficient (Wildman–Crippen LogP) is 4.07. The van der Waals surface area contributed by atoms with Crippen molar-refractivity contribution in [2.75, 3.05) is 26.4 Å². The number of hydrogen-bond acceptors (Lipinski definition) is 7. The molecule has 194 valence electrons. The minimum absolute atomic E-state index is 0.0221. The predicted molar refractivity (Wildman–Crippen MR) is 129 cm³/mol. The molecule has 0 aromatic rings. The Labute approximate surface area is 200 Å². The largest absolute Gasteiger partial charge is 0.463 e. The molecule has 4 atom stereocenters. The van der Waals surface area contributed by atoms with Crippen LogP contribution >= 0.6 is 0 Å². The Morgan fingerprint density at radius 1 is 0.939 bits per heavy atom. The Balaban J connectivity index is 0.00000167. The van der Waals surface area contributed by atoms with Crippen LogP contribution in [0.3, 0.4) is 0 Å². The van der Waals surface area contributed by atoms with Crippen molar-refractivity contribution in [2.24, 2.45) is 0 Å². The summed E-state index contributed by atoms with van der Waals surface area (Å²) in [6.45, 7) is 4.00. The van der Waals surface area contributed by atoms with Crippen LogP contribution < -0.4 is 0 Å². The van der Waals surface area contributed by atoms with E-state index >= 15 is 0 Å². The molecule has 0 aliphatic carbocycles. The smallest absolute Gasteiger partial charge is 0.305 e. The number of aliphatic hydroxyl groups is 3. The van der Waals surface area contributed by atoms with Gasteiger partial charge < -0.3 is 29.5 Å². The van der Waals surface area contributed by atoms with Crippen molar-refractivity contribution in [3.8, 4) is 0 Å². The van der Waals surface area contributed by atoms with Crippen LogP contribution in [0.4, 0.5) is 0 Å². The maximum atomic E-state index is 11.7. The molecule has 0 spiro atoms. The fourth-order valence-electron chi connectivity index (χ4n) is 3.65. The lowest BCUT2D eigenvalue weighted by Crippen LogP contribution is -2.41. The Morgan fingerprint density at radius 3 is 2.00 bits per heavy atom. The van der Waals surface area contributed by atoms with E-state index in [-0.39, 0.29) is 19.2 Å². The van der Waals surface area contributed by atoms with Gasteiger partial charge in [-0.2, -0.15) is 0 Å². The van der Waals surface area contributed by atoms with Crippen molar-refractivity contribution < 1.29 is 34.3 Å². The highest BCUT2D eigenvalue weighted by Crippen LogP contribution is 2.18. The summed E-state index contributed by atoms with van der Waals surface area (Å²) in [6.07, 6.45) is 16.5. The second-order valence-electron chi connectivity index (χ2n) is 9.05. The van der Waals surface area contributed by atoms with Crippen LogP contribution in [0, 0.1) is 0 Å². The summed E-state index contributed by atoms with van der Waals surface area (Å²) in [5.41, 5.74) is 0. The standard InChI is InChI=1S/C24H44O6.C2H4O/c1-2-3-4-5-6-7-8-9-10-11-12-13-14-15-16-17-22(27)29-19-21(26)24-23(28)20(25)18-30-24;1-2-3-1/h9-10,20-21,23-26,28H,2-8,11-19H2,1H3;1-2H2/b10-9-;/t20-,21+,23+,24+;/m0./s1. The summed E-state index contributed by atoms with van der Waals surface area (Å²) in [7, 11) is 0. The maximum absolute atomic E-state index is 11.7. The molecule has 33 heavy (non-hydrogen) atoms. The third-order valence-corrected chi connectivity index (χ3v) is 5.83. The maximum Gasteiger partial charge on any atom is 0.305 e. The number of carbonyl (C=O) groups is 1. The van der Waals surface area contributed by atoms with E-state index in [0.29, 0.717) is 6.42 Å². The third kappa shape index (κ3) is 17.1. The summed E-state index contributed by atoms with van der Waals surface area (Å²) >= 11 is 0. The van der Waals surface area contributed by atoms with Gasteiger partial charge in [-0.3, -0.25) is 4.79 Å². The number of carbonyl (C=O) groups excluding carboxylic acids is 1. The molecule has 2 aliphatic rings. The highest BCUT2D eigenvalue weighted by atomic mass is 16.6. The minimum Gasteiger partial charge on any atom is -0.463 e. The van der Waals surface area contributed by atoms with E-state index in [1.165, 1.54) is 57.8 Å². The third-order valence-electron chi connectivity index (χ3n) is 5.83. The molecule has 0 bridgehead atoms. The molecule has 2 aliphatic heterocycles. The first-order valence-electron chi connectivity index (χ1n) is 13.1. The number of ether oxygens (including phenoxy) is 3. The summed E-state index contributed by atoms with van der Waals surface area (Å²) in [6, 6.07) is 0. The summed E-state index contributed by atoms with van der Waals surface area (Å²) < 4.78 is 14.7.